The topological polar surface area (TPSA) is 39.7 Å². The van der Waals surface area contributed by atoms with Gasteiger partial charge in [0.05, 0.1) is 0 Å². The van der Waals surface area contributed by atoms with Crippen LogP contribution in [-0.4, -0.2) is 13.4 Å². The number of hydrogen-bond donors (Lipinski definition) is 1. The van der Waals surface area contributed by atoms with Crippen molar-refractivity contribution in [2.75, 3.05) is 12.1 Å². The molecule has 1 aliphatic heterocycles. The summed E-state index contributed by atoms with van der Waals surface area (Å²) < 4.78 is 38.9. The molecule has 0 saturated carbocycles. The lowest BCUT2D eigenvalue weighted by Gasteiger charge is -2.09. The molecule has 3 rings (SSSR count). The molecule has 110 valence electrons. The molecule has 21 heavy (non-hydrogen) atoms. The predicted molar refractivity (Wildman–Crippen MR) is 73.0 cm³/mol. The van der Waals surface area contributed by atoms with Crippen molar-refractivity contribution in [2.24, 2.45) is 0 Å². The maximum absolute atomic E-state index is 12.0. The molecule has 0 unspecified atom stereocenters. The van der Waals surface area contributed by atoms with Crippen molar-refractivity contribution in [1.82, 2.24) is 0 Å². The van der Waals surface area contributed by atoms with Gasteiger partial charge in [-0.15, -0.1) is 0 Å². The summed E-state index contributed by atoms with van der Waals surface area (Å²) in [5, 5.41) is 3.19. The molecule has 6 heteroatoms. The van der Waals surface area contributed by atoms with Gasteiger partial charge in [-0.05, 0) is 42.0 Å². The van der Waals surface area contributed by atoms with E-state index in [0.29, 0.717) is 6.54 Å². The second kappa shape index (κ2) is 5.87. The fraction of sp³-hybridized carbons (Fsp3) is 0.200. The van der Waals surface area contributed by atoms with Gasteiger partial charge in [-0.3, -0.25) is 0 Å². The lowest BCUT2D eigenvalue weighted by Crippen LogP contribution is -2.02. The number of nitrogens with one attached hydrogen (secondary N) is 1. The van der Waals surface area contributed by atoms with Gasteiger partial charge in [-0.1, -0.05) is 6.07 Å². The van der Waals surface area contributed by atoms with Crippen molar-refractivity contribution in [1.29, 1.82) is 0 Å². The van der Waals surface area contributed by atoms with Gasteiger partial charge < -0.3 is 19.5 Å². The van der Waals surface area contributed by atoms with E-state index < -0.39 is 6.61 Å². The fourth-order valence-electron chi connectivity index (χ4n) is 2.01. The molecule has 0 atom stereocenters. The van der Waals surface area contributed by atoms with Crippen LogP contribution in [0.4, 0.5) is 14.5 Å². The molecular weight excluding hydrogens is 280 g/mol. The predicted octanol–water partition coefficient (Wildman–Crippen LogP) is 3.63. The van der Waals surface area contributed by atoms with Crippen LogP contribution in [0.3, 0.4) is 0 Å². The van der Waals surface area contributed by atoms with Gasteiger partial charge in [0.1, 0.15) is 5.75 Å². The molecule has 1 N–H and O–H groups in total. The quantitative estimate of drug-likeness (QED) is 0.914. The Bertz CT molecular complexity index is 617. The molecule has 0 saturated heterocycles. The number of ether oxygens (including phenoxy) is 3. The average Bonchev–Trinajstić information content (AvgIpc) is 2.93. The molecule has 0 aliphatic carbocycles. The van der Waals surface area contributed by atoms with E-state index in [1.165, 1.54) is 12.1 Å². The van der Waals surface area contributed by atoms with E-state index >= 15 is 0 Å². The van der Waals surface area contributed by atoms with Gasteiger partial charge in [-0.25, -0.2) is 0 Å². The molecule has 1 heterocycles. The van der Waals surface area contributed by atoms with Gasteiger partial charge in [0.25, 0.3) is 0 Å². The summed E-state index contributed by atoms with van der Waals surface area (Å²) in [4.78, 5) is 0. The van der Waals surface area contributed by atoms with Gasteiger partial charge >= 0.3 is 6.61 Å². The normalized spacial score (nSPS) is 12.5. The minimum absolute atomic E-state index is 0.138. The number of halogens is 2. The fourth-order valence-corrected chi connectivity index (χ4v) is 2.01. The van der Waals surface area contributed by atoms with E-state index in [1.54, 1.807) is 12.1 Å². The second-order valence-corrected chi connectivity index (χ2v) is 4.44. The minimum Gasteiger partial charge on any atom is -0.454 e. The molecule has 0 amide bonds. The Morgan fingerprint density at radius 1 is 1.05 bits per heavy atom. The van der Waals surface area contributed by atoms with Crippen LogP contribution in [0.1, 0.15) is 5.56 Å². The standard InChI is InChI=1S/C15H13F2NO3/c16-15(17)21-12-4-2-11(3-5-12)18-8-10-1-6-13-14(7-10)20-9-19-13/h1-7,15,18H,8-9H2. The lowest BCUT2D eigenvalue weighted by molar-refractivity contribution is -0.0498. The molecule has 0 fully saturated rings. The first-order chi connectivity index (χ1) is 10.2. The molecule has 4 nitrogen and oxygen atoms in total. The zero-order chi connectivity index (χ0) is 14.7. The maximum Gasteiger partial charge on any atom is 0.387 e. The summed E-state index contributed by atoms with van der Waals surface area (Å²) in [6, 6.07) is 12.1. The van der Waals surface area contributed by atoms with Crippen LogP contribution < -0.4 is 19.5 Å². The zero-order valence-electron chi connectivity index (χ0n) is 11.0. The summed E-state index contributed by atoms with van der Waals surface area (Å²) in [5.41, 5.74) is 1.85. The molecule has 0 aromatic heterocycles. The van der Waals surface area contributed by atoms with E-state index in [9.17, 15) is 8.78 Å². The smallest absolute Gasteiger partial charge is 0.387 e. The largest absolute Gasteiger partial charge is 0.454 e. The summed E-state index contributed by atoms with van der Waals surface area (Å²) >= 11 is 0. The highest BCUT2D eigenvalue weighted by Gasteiger charge is 2.12. The van der Waals surface area contributed by atoms with Crippen molar-refractivity contribution < 1.29 is 23.0 Å². The molecule has 2 aromatic rings. The van der Waals surface area contributed by atoms with Gasteiger partial charge in [0, 0.05) is 12.2 Å². The van der Waals surface area contributed by atoms with Crippen LogP contribution in [0, 0.1) is 0 Å². The van der Waals surface area contributed by atoms with E-state index in [1.807, 2.05) is 18.2 Å². The highest BCUT2D eigenvalue weighted by molar-refractivity contribution is 5.49. The highest BCUT2D eigenvalue weighted by atomic mass is 19.3. The number of hydrogen-bond acceptors (Lipinski definition) is 4. The molecule has 0 bridgehead atoms. The monoisotopic (exact) mass is 293 g/mol. The SMILES string of the molecule is FC(F)Oc1ccc(NCc2ccc3c(c2)OCO3)cc1. The first kappa shape index (κ1) is 13.5. The zero-order valence-corrected chi connectivity index (χ0v) is 11.0. The average molecular weight is 293 g/mol. The van der Waals surface area contributed by atoms with E-state index in [2.05, 4.69) is 10.1 Å². The molecule has 0 radical (unpaired) electrons. The number of rotatable bonds is 5. The van der Waals surface area contributed by atoms with Gasteiger partial charge in [0.2, 0.25) is 6.79 Å². The molecule has 2 aromatic carbocycles. The van der Waals surface area contributed by atoms with E-state index in [-0.39, 0.29) is 12.5 Å². The van der Waals surface area contributed by atoms with Crippen LogP contribution in [0.25, 0.3) is 0 Å². The van der Waals surface area contributed by atoms with Crippen LogP contribution >= 0.6 is 0 Å². The molecule has 1 aliphatic rings. The van der Waals surface area contributed by atoms with Crippen LogP contribution in [0.2, 0.25) is 0 Å². The number of fused-ring (bicyclic) bond motifs is 1. The van der Waals surface area contributed by atoms with Crippen LogP contribution in [0.15, 0.2) is 42.5 Å². The van der Waals surface area contributed by atoms with Gasteiger partial charge in [0.15, 0.2) is 11.5 Å². The Labute approximate surface area is 120 Å². The Morgan fingerprint density at radius 2 is 1.81 bits per heavy atom. The van der Waals surface area contributed by atoms with Crippen molar-refractivity contribution in [3.8, 4) is 17.2 Å². The summed E-state index contributed by atoms with van der Waals surface area (Å²) in [5.74, 6) is 1.61. The third-order valence-electron chi connectivity index (χ3n) is 3.01. The Kier molecular flexibility index (Phi) is 3.77. The maximum atomic E-state index is 12.0. The third kappa shape index (κ3) is 3.34. The van der Waals surface area contributed by atoms with Crippen LogP contribution in [-0.2, 0) is 6.54 Å². The lowest BCUT2D eigenvalue weighted by atomic mass is 10.2. The second-order valence-electron chi connectivity index (χ2n) is 4.44. The molecule has 0 spiro atoms. The highest BCUT2D eigenvalue weighted by Crippen LogP contribution is 2.32. The molecular formula is C15H13F2NO3. The summed E-state index contributed by atoms with van der Waals surface area (Å²) in [6.07, 6.45) is 0. The number of benzene rings is 2. The Morgan fingerprint density at radius 3 is 2.57 bits per heavy atom. The summed E-state index contributed by atoms with van der Waals surface area (Å²) in [6.45, 7) is -1.97. The minimum atomic E-state index is -2.81. The number of anilines is 1. The number of alkyl halides is 2. The summed E-state index contributed by atoms with van der Waals surface area (Å²) in [7, 11) is 0. The first-order valence-corrected chi connectivity index (χ1v) is 6.38. The Balaban J connectivity index is 1.59. The van der Waals surface area contributed by atoms with Crippen molar-refractivity contribution >= 4 is 5.69 Å². The van der Waals surface area contributed by atoms with Crippen LogP contribution in [0.5, 0.6) is 17.2 Å². The van der Waals surface area contributed by atoms with Crippen molar-refractivity contribution in [2.45, 2.75) is 13.2 Å². The Hall–Kier alpha value is -2.50. The van der Waals surface area contributed by atoms with Crippen molar-refractivity contribution in [3.05, 3.63) is 48.0 Å². The third-order valence-corrected chi connectivity index (χ3v) is 3.01. The van der Waals surface area contributed by atoms with E-state index in [4.69, 9.17) is 9.47 Å². The first-order valence-electron chi connectivity index (χ1n) is 6.38. The van der Waals surface area contributed by atoms with E-state index in [0.717, 1.165) is 22.7 Å². The van der Waals surface area contributed by atoms with Crippen molar-refractivity contribution in [3.63, 3.8) is 0 Å². The van der Waals surface area contributed by atoms with Gasteiger partial charge in [-0.2, -0.15) is 8.78 Å².